The van der Waals surface area contributed by atoms with Crippen LogP contribution in [-0.2, 0) is 11.3 Å². The van der Waals surface area contributed by atoms with Gasteiger partial charge in [-0.05, 0) is 37.5 Å². The van der Waals surface area contributed by atoms with E-state index in [4.69, 9.17) is 16.0 Å². The normalized spacial score (nSPS) is 10.6. The van der Waals surface area contributed by atoms with E-state index in [2.05, 4.69) is 0 Å². The molecule has 1 aromatic heterocycles. The first-order valence-electron chi connectivity index (χ1n) is 7.06. The quantitative estimate of drug-likeness (QED) is 0.475. The molecule has 7 heteroatoms. The Morgan fingerprint density at radius 1 is 1.18 bits per heavy atom. The van der Waals surface area contributed by atoms with Gasteiger partial charge in [-0.15, -0.1) is 0 Å². The maximum atomic E-state index is 11.8. The largest absolute Gasteiger partial charge is 1.00 e. The Labute approximate surface area is 155 Å². The van der Waals surface area contributed by atoms with Gasteiger partial charge in [0.25, 0.3) is 0 Å². The van der Waals surface area contributed by atoms with Crippen molar-refractivity contribution in [3.8, 4) is 0 Å². The molecule has 0 spiro atoms. The van der Waals surface area contributed by atoms with Crippen LogP contribution in [0.4, 0.5) is 0 Å². The number of benzene rings is 1. The van der Waals surface area contributed by atoms with Crippen LogP contribution in [0.15, 0.2) is 27.4 Å². The van der Waals surface area contributed by atoms with Crippen molar-refractivity contribution in [2.75, 3.05) is 0 Å². The summed E-state index contributed by atoms with van der Waals surface area (Å²) in [6.07, 6.45) is 4.34. The minimum Gasteiger partial charge on any atom is -0.550 e. The Morgan fingerprint density at radius 2 is 1.86 bits per heavy atom. The number of unbranched alkanes of at least 4 members (excludes halogenated alkanes) is 4. The van der Waals surface area contributed by atoms with E-state index in [1.807, 2.05) is 0 Å². The van der Waals surface area contributed by atoms with Gasteiger partial charge in [0.1, 0.15) is 0 Å². The monoisotopic (exact) mass is 333 g/mol. The van der Waals surface area contributed by atoms with Crippen molar-refractivity contribution in [2.24, 2.45) is 0 Å². The predicted molar refractivity (Wildman–Crippen MR) is 78.2 cm³/mol. The smallest absolute Gasteiger partial charge is 0.550 e. The second kappa shape index (κ2) is 9.40. The molecule has 0 aliphatic carbocycles. The molecule has 0 aliphatic rings. The number of nitrogens with zero attached hydrogens (tertiary/aromatic N) is 1. The number of oxazole rings is 1. The van der Waals surface area contributed by atoms with Crippen LogP contribution in [0.5, 0.6) is 0 Å². The number of rotatable bonds is 8. The Bertz CT molecular complexity index is 680. The molecule has 0 saturated heterocycles. The zero-order valence-corrected chi connectivity index (χ0v) is 15.4. The maximum absolute atomic E-state index is 11.8. The van der Waals surface area contributed by atoms with Gasteiger partial charge < -0.3 is 14.3 Å². The number of carboxylic acids is 1. The van der Waals surface area contributed by atoms with Gasteiger partial charge in [0.2, 0.25) is 0 Å². The van der Waals surface area contributed by atoms with E-state index >= 15 is 0 Å². The summed E-state index contributed by atoms with van der Waals surface area (Å²) >= 11 is 5.93. The molecule has 2 rings (SSSR count). The molecular formula is C15H17ClNNaO4. The number of fused-ring (bicyclic) bond motifs is 1. The molecule has 5 nitrogen and oxygen atoms in total. The molecule has 0 radical (unpaired) electrons. The molecule has 0 atom stereocenters. The third-order valence-electron chi connectivity index (χ3n) is 3.39. The van der Waals surface area contributed by atoms with Gasteiger partial charge in [-0.3, -0.25) is 4.57 Å². The number of aliphatic carboxylic acids is 1. The summed E-state index contributed by atoms with van der Waals surface area (Å²) in [7, 11) is 0. The van der Waals surface area contributed by atoms with Gasteiger partial charge in [-0.2, -0.15) is 0 Å². The number of halogens is 1. The van der Waals surface area contributed by atoms with Crippen molar-refractivity contribution in [1.29, 1.82) is 0 Å². The number of carboxylic acid groups (broad SMARTS) is 1. The maximum Gasteiger partial charge on any atom is 1.00 e. The van der Waals surface area contributed by atoms with Crippen LogP contribution in [0, 0.1) is 0 Å². The molecule has 0 saturated carbocycles. The van der Waals surface area contributed by atoms with Gasteiger partial charge >= 0.3 is 35.3 Å². The minimum absolute atomic E-state index is 0. The molecule has 0 bridgehead atoms. The summed E-state index contributed by atoms with van der Waals surface area (Å²) in [5, 5.41) is 10.8. The van der Waals surface area contributed by atoms with E-state index in [0.29, 0.717) is 29.1 Å². The summed E-state index contributed by atoms with van der Waals surface area (Å²) in [5.74, 6) is -1.37. The Balaban J connectivity index is 0.00000242. The van der Waals surface area contributed by atoms with Crippen LogP contribution < -0.4 is 40.4 Å². The standard InChI is InChI=1S/C15H18ClNO4.Na/c16-11-7-8-13-12(10-11)17(15(20)21-13)9-5-3-1-2-4-6-14(18)19;/h7-8,10H,1-6,9H2,(H,18,19);/q;+1/p-1. The number of carbonyl (C=O) groups is 1. The number of hydrogen-bond donors (Lipinski definition) is 0. The van der Waals surface area contributed by atoms with E-state index in [1.54, 1.807) is 22.8 Å². The summed E-state index contributed by atoms with van der Waals surface area (Å²) in [4.78, 5) is 22.0. The fourth-order valence-corrected chi connectivity index (χ4v) is 2.48. The fraction of sp³-hybridized carbons (Fsp3) is 0.467. The molecule has 1 heterocycles. The molecule has 0 fully saturated rings. The van der Waals surface area contributed by atoms with E-state index in [-0.39, 0.29) is 41.7 Å². The van der Waals surface area contributed by atoms with Crippen molar-refractivity contribution in [3.05, 3.63) is 33.8 Å². The number of aromatic nitrogens is 1. The van der Waals surface area contributed by atoms with E-state index in [0.717, 1.165) is 25.7 Å². The molecule has 2 aromatic rings. The van der Waals surface area contributed by atoms with Crippen LogP contribution in [0.1, 0.15) is 38.5 Å². The molecule has 0 N–H and O–H groups in total. The van der Waals surface area contributed by atoms with Crippen molar-refractivity contribution in [3.63, 3.8) is 0 Å². The van der Waals surface area contributed by atoms with Gasteiger partial charge in [0, 0.05) is 17.5 Å². The van der Waals surface area contributed by atoms with Crippen molar-refractivity contribution in [1.82, 2.24) is 4.57 Å². The molecule has 1 aromatic carbocycles. The summed E-state index contributed by atoms with van der Waals surface area (Å²) in [6, 6.07) is 5.10. The zero-order chi connectivity index (χ0) is 15.2. The SMILES string of the molecule is O=C([O-])CCCCCCCn1c(=O)oc2ccc(Cl)cc21.[Na+]. The van der Waals surface area contributed by atoms with Gasteiger partial charge in [0.05, 0.1) is 5.52 Å². The van der Waals surface area contributed by atoms with E-state index in [1.165, 1.54) is 0 Å². The molecule has 22 heavy (non-hydrogen) atoms. The molecular weight excluding hydrogens is 317 g/mol. The van der Waals surface area contributed by atoms with Crippen molar-refractivity contribution in [2.45, 2.75) is 45.1 Å². The van der Waals surface area contributed by atoms with Crippen molar-refractivity contribution < 1.29 is 43.9 Å². The average molecular weight is 334 g/mol. The Hall–Kier alpha value is -0.750. The first-order chi connectivity index (χ1) is 10.1. The topological polar surface area (TPSA) is 75.3 Å². The number of hydrogen-bond acceptors (Lipinski definition) is 4. The van der Waals surface area contributed by atoms with Gasteiger partial charge in [-0.1, -0.05) is 30.9 Å². The van der Waals surface area contributed by atoms with Crippen LogP contribution in [0.2, 0.25) is 5.02 Å². The van der Waals surface area contributed by atoms with Gasteiger partial charge in [0.15, 0.2) is 5.58 Å². The zero-order valence-electron chi connectivity index (χ0n) is 12.6. The van der Waals surface area contributed by atoms with Crippen LogP contribution in [-0.4, -0.2) is 10.5 Å². The molecule has 114 valence electrons. The number of carbonyl (C=O) groups excluding carboxylic acids is 1. The molecule has 0 aliphatic heterocycles. The Kier molecular flexibility index (Phi) is 8.25. The van der Waals surface area contributed by atoms with E-state index < -0.39 is 5.97 Å². The number of aryl methyl sites for hydroxylation is 1. The van der Waals surface area contributed by atoms with Crippen LogP contribution in [0.3, 0.4) is 0 Å². The molecule has 0 amide bonds. The average Bonchev–Trinajstić information content (AvgIpc) is 2.73. The third-order valence-corrected chi connectivity index (χ3v) is 3.63. The second-order valence-corrected chi connectivity index (χ2v) is 5.46. The van der Waals surface area contributed by atoms with Crippen LogP contribution >= 0.6 is 11.6 Å². The van der Waals surface area contributed by atoms with Crippen LogP contribution in [0.25, 0.3) is 11.1 Å². The fourth-order valence-electron chi connectivity index (χ4n) is 2.32. The predicted octanol–water partition coefficient (Wildman–Crippen LogP) is -0.658. The summed E-state index contributed by atoms with van der Waals surface area (Å²) in [5.41, 5.74) is 1.25. The third kappa shape index (κ3) is 5.47. The van der Waals surface area contributed by atoms with E-state index in [9.17, 15) is 14.7 Å². The van der Waals surface area contributed by atoms with Gasteiger partial charge in [-0.25, -0.2) is 4.79 Å². The first kappa shape index (κ1) is 19.3. The molecule has 0 unspecified atom stereocenters. The Morgan fingerprint density at radius 3 is 2.59 bits per heavy atom. The van der Waals surface area contributed by atoms with Crippen molar-refractivity contribution >= 4 is 28.7 Å². The minimum atomic E-state index is -0.997. The summed E-state index contributed by atoms with van der Waals surface area (Å²) in [6.45, 7) is 0.576. The summed E-state index contributed by atoms with van der Waals surface area (Å²) < 4.78 is 6.74. The second-order valence-electron chi connectivity index (χ2n) is 5.02. The first-order valence-corrected chi connectivity index (χ1v) is 7.44.